The van der Waals surface area contributed by atoms with Crippen molar-refractivity contribution < 1.29 is 9.59 Å². The van der Waals surface area contributed by atoms with E-state index in [0.29, 0.717) is 11.7 Å². The number of carbonyl (C=O) groups is 2. The van der Waals surface area contributed by atoms with E-state index in [0.717, 1.165) is 62.9 Å². The summed E-state index contributed by atoms with van der Waals surface area (Å²) in [7, 11) is 0. The molecule has 1 atom stereocenters. The summed E-state index contributed by atoms with van der Waals surface area (Å²) in [5.41, 5.74) is 7.78. The average molecular weight is 394 g/mol. The Labute approximate surface area is 165 Å². The predicted octanol–water partition coefficient (Wildman–Crippen LogP) is 2.11. The summed E-state index contributed by atoms with van der Waals surface area (Å²) in [4.78, 5) is 34.5. The van der Waals surface area contributed by atoms with Gasteiger partial charge in [-0.05, 0) is 69.9 Å². The Morgan fingerprint density at radius 3 is 2.52 bits per heavy atom. The van der Waals surface area contributed by atoms with Crippen LogP contribution in [0.1, 0.15) is 50.3 Å². The Balaban J connectivity index is 1.44. The topological polar surface area (TPSA) is 101 Å². The normalized spacial score (nSPS) is 19.0. The number of nitrogens with zero attached hydrogens (tertiary/aromatic N) is 3. The number of hydrogen-bond donors (Lipinski definition) is 2. The zero-order chi connectivity index (χ0) is 19.6. The van der Waals surface area contributed by atoms with Crippen molar-refractivity contribution in [3.05, 3.63) is 16.5 Å². The molecule has 1 saturated carbocycles. The number of nitrogen functional groups attached to an aromatic ring is 1. The Morgan fingerprint density at radius 2 is 1.93 bits per heavy atom. The molecule has 0 radical (unpaired) electrons. The van der Waals surface area contributed by atoms with E-state index in [1.54, 1.807) is 6.92 Å². The summed E-state index contributed by atoms with van der Waals surface area (Å²) in [6.45, 7) is 5.15. The molecule has 3 N–H and O–H groups in total. The first kappa shape index (κ1) is 19.9. The monoisotopic (exact) mass is 393 g/mol. The van der Waals surface area contributed by atoms with Crippen molar-refractivity contribution in [3.8, 4) is 0 Å². The number of amides is 2. The first-order valence-corrected chi connectivity index (χ1v) is 10.1. The van der Waals surface area contributed by atoms with E-state index in [1.807, 2.05) is 11.8 Å². The second-order valence-corrected chi connectivity index (χ2v) is 8.09. The van der Waals surface area contributed by atoms with E-state index < -0.39 is 6.04 Å². The van der Waals surface area contributed by atoms with Gasteiger partial charge in [-0.1, -0.05) is 0 Å². The number of halogens is 1. The average Bonchev–Trinajstić information content (AvgIpc) is 3.46. The van der Waals surface area contributed by atoms with Crippen LogP contribution in [-0.4, -0.2) is 45.8 Å². The zero-order valence-corrected chi connectivity index (χ0v) is 16.8. The molecule has 0 spiro atoms. The van der Waals surface area contributed by atoms with Gasteiger partial charge < -0.3 is 16.0 Å². The number of hydrogen-bond acceptors (Lipinski definition) is 5. The lowest BCUT2D eigenvalue weighted by molar-refractivity contribution is -0.137. The van der Waals surface area contributed by atoms with Gasteiger partial charge in [0.2, 0.25) is 17.1 Å². The number of aryl methyl sites for hydroxylation is 1. The van der Waals surface area contributed by atoms with Crippen molar-refractivity contribution in [1.29, 1.82) is 0 Å². The van der Waals surface area contributed by atoms with Gasteiger partial charge in [0.15, 0.2) is 0 Å². The predicted molar refractivity (Wildman–Crippen MR) is 104 cm³/mol. The van der Waals surface area contributed by atoms with Crippen LogP contribution in [0, 0.1) is 18.8 Å². The number of rotatable bonds is 6. The Kier molecular flexibility index (Phi) is 6.19. The highest BCUT2D eigenvalue weighted by atomic mass is 35.5. The largest absolute Gasteiger partial charge is 0.383 e. The standard InChI is InChI=1S/C19H28ClN5O2/c1-11-15(16(21)24-19(20)23-11)6-3-13-7-9-25(10-8-13)18(27)12(2)22-17(26)14-4-5-14/h12-14H,3-10H2,1-2H3,(H,22,26)(H2,21,23,24). The summed E-state index contributed by atoms with van der Waals surface area (Å²) in [5, 5.41) is 3.03. The molecule has 1 aromatic heterocycles. The lowest BCUT2D eigenvalue weighted by Gasteiger charge is -2.34. The van der Waals surface area contributed by atoms with Crippen LogP contribution < -0.4 is 11.1 Å². The van der Waals surface area contributed by atoms with Gasteiger partial charge in [0, 0.05) is 30.3 Å². The molecule has 148 valence electrons. The van der Waals surface area contributed by atoms with E-state index in [9.17, 15) is 9.59 Å². The lowest BCUT2D eigenvalue weighted by Crippen LogP contribution is -2.49. The van der Waals surface area contributed by atoms with Gasteiger partial charge in [-0.3, -0.25) is 9.59 Å². The third kappa shape index (κ3) is 5.09. The molecule has 1 unspecified atom stereocenters. The second-order valence-electron chi connectivity index (χ2n) is 7.75. The molecule has 0 aromatic carbocycles. The van der Waals surface area contributed by atoms with Crippen LogP contribution in [-0.2, 0) is 16.0 Å². The summed E-state index contributed by atoms with van der Waals surface area (Å²) in [5.74, 6) is 1.16. The van der Waals surface area contributed by atoms with Crippen molar-refractivity contribution in [3.63, 3.8) is 0 Å². The van der Waals surface area contributed by atoms with Gasteiger partial charge in [-0.25, -0.2) is 9.97 Å². The van der Waals surface area contributed by atoms with Crippen molar-refractivity contribution >= 4 is 29.2 Å². The molecule has 1 aliphatic heterocycles. The van der Waals surface area contributed by atoms with Crippen LogP contribution >= 0.6 is 11.6 Å². The number of aromatic nitrogens is 2. The Bertz CT molecular complexity index is 691. The van der Waals surface area contributed by atoms with Crippen molar-refractivity contribution in [2.45, 2.75) is 58.4 Å². The molecule has 2 fully saturated rings. The maximum Gasteiger partial charge on any atom is 0.244 e. The first-order chi connectivity index (χ1) is 12.8. The lowest BCUT2D eigenvalue weighted by atomic mass is 9.90. The smallest absolute Gasteiger partial charge is 0.244 e. The minimum absolute atomic E-state index is 0.0175. The number of nitrogens with two attached hydrogens (primary N) is 1. The summed E-state index contributed by atoms with van der Waals surface area (Å²) in [6.07, 6.45) is 5.62. The summed E-state index contributed by atoms with van der Waals surface area (Å²) in [6, 6.07) is -0.441. The molecule has 2 amide bonds. The van der Waals surface area contributed by atoms with E-state index >= 15 is 0 Å². The molecule has 0 bridgehead atoms. The van der Waals surface area contributed by atoms with E-state index in [1.165, 1.54) is 0 Å². The summed E-state index contributed by atoms with van der Waals surface area (Å²) >= 11 is 5.83. The highest BCUT2D eigenvalue weighted by molar-refractivity contribution is 6.28. The fourth-order valence-electron chi connectivity index (χ4n) is 3.69. The Morgan fingerprint density at radius 1 is 1.26 bits per heavy atom. The fraction of sp³-hybridized carbons (Fsp3) is 0.684. The van der Waals surface area contributed by atoms with Gasteiger partial charge in [-0.15, -0.1) is 0 Å². The Hall–Kier alpha value is -1.89. The maximum absolute atomic E-state index is 12.5. The minimum Gasteiger partial charge on any atom is -0.383 e. The molecule has 2 heterocycles. The van der Waals surface area contributed by atoms with E-state index in [-0.39, 0.29) is 23.0 Å². The van der Waals surface area contributed by atoms with Crippen LogP contribution in [0.25, 0.3) is 0 Å². The number of nitrogens with one attached hydrogen (secondary N) is 1. The molecule has 1 saturated heterocycles. The van der Waals surface area contributed by atoms with Crippen LogP contribution in [0.3, 0.4) is 0 Å². The third-order valence-electron chi connectivity index (χ3n) is 5.62. The molecule has 3 rings (SSSR count). The van der Waals surface area contributed by atoms with Crippen LogP contribution in [0.15, 0.2) is 0 Å². The van der Waals surface area contributed by atoms with Crippen molar-refractivity contribution in [2.24, 2.45) is 11.8 Å². The van der Waals surface area contributed by atoms with Crippen molar-refractivity contribution in [1.82, 2.24) is 20.2 Å². The highest BCUT2D eigenvalue weighted by Gasteiger charge is 2.33. The molecule has 8 heteroatoms. The van der Waals surface area contributed by atoms with Gasteiger partial charge in [0.25, 0.3) is 0 Å². The number of likely N-dealkylation sites (tertiary alicyclic amines) is 1. The number of anilines is 1. The molecule has 27 heavy (non-hydrogen) atoms. The molecule has 1 aliphatic carbocycles. The molecular formula is C19H28ClN5O2. The SMILES string of the molecule is Cc1nc(Cl)nc(N)c1CCC1CCN(C(=O)C(C)NC(=O)C2CC2)CC1. The maximum atomic E-state index is 12.5. The highest BCUT2D eigenvalue weighted by Crippen LogP contribution is 2.29. The van der Waals surface area contributed by atoms with Gasteiger partial charge in [0.05, 0.1) is 0 Å². The first-order valence-electron chi connectivity index (χ1n) is 9.72. The quantitative estimate of drug-likeness (QED) is 0.721. The summed E-state index contributed by atoms with van der Waals surface area (Å²) < 4.78 is 0. The molecule has 1 aromatic rings. The van der Waals surface area contributed by atoms with Crippen LogP contribution in [0.2, 0.25) is 5.28 Å². The van der Waals surface area contributed by atoms with Crippen LogP contribution in [0.4, 0.5) is 5.82 Å². The molecule has 7 nitrogen and oxygen atoms in total. The fourth-order valence-corrected chi connectivity index (χ4v) is 3.91. The number of carbonyl (C=O) groups excluding carboxylic acids is 2. The van der Waals surface area contributed by atoms with Crippen LogP contribution in [0.5, 0.6) is 0 Å². The van der Waals surface area contributed by atoms with Gasteiger partial charge >= 0.3 is 0 Å². The second kappa shape index (κ2) is 8.42. The molecular weight excluding hydrogens is 366 g/mol. The van der Waals surface area contributed by atoms with E-state index in [4.69, 9.17) is 17.3 Å². The third-order valence-corrected chi connectivity index (χ3v) is 5.79. The van der Waals surface area contributed by atoms with Gasteiger partial charge in [0.1, 0.15) is 11.9 Å². The van der Waals surface area contributed by atoms with Crippen molar-refractivity contribution in [2.75, 3.05) is 18.8 Å². The van der Waals surface area contributed by atoms with Gasteiger partial charge in [-0.2, -0.15) is 0 Å². The zero-order valence-electron chi connectivity index (χ0n) is 16.0. The minimum atomic E-state index is -0.441. The number of piperidine rings is 1. The molecule has 2 aliphatic rings. The van der Waals surface area contributed by atoms with E-state index in [2.05, 4.69) is 15.3 Å².